The third-order valence-electron chi connectivity index (χ3n) is 4.97. The summed E-state index contributed by atoms with van der Waals surface area (Å²) in [6, 6.07) is 8.10. The molecule has 0 N–H and O–H groups in total. The van der Waals surface area contributed by atoms with Gasteiger partial charge in [-0.05, 0) is 30.5 Å². The molecule has 1 aliphatic heterocycles. The quantitative estimate of drug-likeness (QED) is 0.565. The van der Waals surface area contributed by atoms with E-state index in [0.717, 1.165) is 46.3 Å². The van der Waals surface area contributed by atoms with Gasteiger partial charge in [0, 0.05) is 44.7 Å². The van der Waals surface area contributed by atoms with Crippen molar-refractivity contribution in [2.45, 2.75) is 39.3 Å². The molecule has 0 saturated heterocycles. The molecule has 2 aromatic rings. The molecule has 0 fully saturated rings. The van der Waals surface area contributed by atoms with Crippen LogP contribution in [-0.4, -0.2) is 33.1 Å². The van der Waals surface area contributed by atoms with Gasteiger partial charge in [-0.25, -0.2) is 9.79 Å². The van der Waals surface area contributed by atoms with E-state index in [-0.39, 0.29) is 11.2 Å². The SMILES string of the molecule is CCCOCCCC1=Nc2c(c(=O)n(C)c(=O)n2C)CN1Cc1cccc(Br)c1. The summed E-state index contributed by atoms with van der Waals surface area (Å²) >= 11 is 3.52. The first-order valence-electron chi connectivity index (χ1n) is 9.86. The van der Waals surface area contributed by atoms with E-state index in [9.17, 15) is 9.59 Å². The van der Waals surface area contributed by atoms with Crippen molar-refractivity contribution in [3.63, 3.8) is 0 Å². The summed E-state index contributed by atoms with van der Waals surface area (Å²) in [6.07, 6.45) is 2.55. The standard InChI is InChI=1S/C21H27BrN4O3/c1-4-10-29-11-6-9-18-23-19-17(20(27)25(3)21(28)24(19)2)14-26(18)13-15-7-5-8-16(22)12-15/h5,7-8,12H,4,6,9-11,13-14H2,1-3H3. The van der Waals surface area contributed by atoms with Crippen molar-refractivity contribution >= 4 is 27.6 Å². The van der Waals surface area contributed by atoms with Crippen LogP contribution in [0.3, 0.4) is 0 Å². The number of fused-ring (bicyclic) bond motifs is 1. The highest BCUT2D eigenvalue weighted by Gasteiger charge is 2.25. The Balaban J connectivity index is 1.93. The van der Waals surface area contributed by atoms with Gasteiger partial charge >= 0.3 is 5.69 Å². The second-order valence-corrected chi connectivity index (χ2v) is 8.15. The van der Waals surface area contributed by atoms with Crippen LogP contribution in [0.15, 0.2) is 43.3 Å². The van der Waals surface area contributed by atoms with Gasteiger partial charge in [-0.15, -0.1) is 0 Å². The van der Waals surface area contributed by atoms with Crippen molar-refractivity contribution < 1.29 is 4.74 Å². The van der Waals surface area contributed by atoms with Gasteiger partial charge in [0.1, 0.15) is 11.7 Å². The molecule has 0 saturated carbocycles. The van der Waals surface area contributed by atoms with Gasteiger partial charge in [-0.2, -0.15) is 0 Å². The van der Waals surface area contributed by atoms with E-state index in [4.69, 9.17) is 9.73 Å². The molecular formula is C21H27BrN4O3. The Bertz CT molecular complexity index is 1030. The van der Waals surface area contributed by atoms with E-state index >= 15 is 0 Å². The molecule has 2 heterocycles. The number of hydrogen-bond donors (Lipinski definition) is 0. The highest BCUT2D eigenvalue weighted by molar-refractivity contribution is 9.10. The lowest BCUT2D eigenvalue weighted by Gasteiger charge is -2.31. The Labute approximate surface area is 178 Å². The number of hydrogen-bond acceptors (Lipinski definition) is 5. The number of aliphatic imine (C=N–C) groups is 1. The molecule has 1 aromatic heterocycles. The van der Waals surface area contributed by atoms with Crippen molar-refractivity contribution in [1.29, 1.82) is 0 Å². The number of ether oxygens (including phenoxy) is 1. The molecular weight excluding hydrogens is 436 g/mol. The largest absolute Gasteiger partial charge is 0.381 e. The minimum atomic E-state index is -0.358. The molecule has 0 unspecified atom stereocenters. The molecule has 0 amide bonds. The summed E-state index contributed by atoms with van der Waals surface area (Å²) < 4.78 is 9.22. The molecule has 1 aromatic carbocycles. The maximum absolute atomic E-state index is 12.7. The molecule has 29 heavy (non-hydrogen) atoms. The van der Waals surface area contributed by atoms with Crippen LogP contribution >= 0.6 is 15.9 Å². The zero-order valence-electron chi connectivity index (χ0n) is 17.2. The van der Waals surface area contributed by atoms with Crippen LogP contribution in [0.1, 0.15) is 37.3 Å². The fourth-order valence-electron chi connectivity index (χ4n) is 3.45. The van der Waals surface area contributed by atoms with Gasteiger partial charge in [0.05, 0.1) is 12.1 Å². The monoisotopic (exact) mass is 462 g/mol. The van der Waals surface area contributed by atoms with Gasteiger partial charge < -0.3 is 9.64 Å². The van der Waals surface area contributed by atoms with Gasteiger partial charge in [-0.1, -0.05) is 35.0 Å². The molecule has 0 radical (unpaired) electrons. The van der Waals surface area contributed by atoms with Crippen LogP contribution in [0.25, 0.3) is 0 Å². The number of benzene rings is 1. The molecule has 0 spiro atoms. The zero-order valence-corrected chi connectivity index (χ0v) is 18.7. The number of aromatic nitrogens is 2. The van der Waals surface area contributed by atoms with Gasteiger partial charge in [-0.3, -0.25) is 13.9 Å². The number of halogens is 1. The summed E-state index contributed by atoms with van der Waals surface area (Å²) in [5.74, 6) is 1.34. The first-order chi connectivity index (χ1) is 13.9. The molecule has 0 aliphatic carbocycles. The lowest BCUT2D eigenvalue weighted by Crippen LogP contribution is -2.43. The van der Waals surface area contributed by atoms with Crippen LogP contribution in [0, 0.1) is 0 Å². The predicted octanol–water partition coefficient (Wildman–Crippen LogP) is 3.10. The third-order valence-corrected chi connectivity index (χ3v) is 5.47. The highest BCUT2D eigenvalue weighted by Crippen LogP contribution is 2.25. The van der Waals surface area contributed by atoms with Crippen molar-refractivity contribution in [1.82, 2.24) is 14.0 Å². The van der Waals surface area contributed by atoms with E-state index < -0.39 is 0 Å². The van der Waals surface area contributed by atoms with Crippen molar-refractivity contribution in [3.8, 4) is 0 Å². The van der Waals surface area contributed by atoms with Gasteiger partial charge in [0.2, 0.25) is 0 Å². The lowest BCUT2D eigenvalue weighted by molar-refractivity contribution is 0.133. The normalized spacial score (nSPS) is 13.4. The maximum Gasteiger partial charge on any atom is 0.332 e. The summed E-state index contributed by atoms with van der Waals surface area (Å²) in [5.41, 5.74) is 1.04. The summed E-state index contributed by atoms with van der Waals surface area (Å²) in [5, 5.41) is 0. The fourth-order valence-corrected chi connectivity index (χ4v) is 3.90. The second-order valence-electron chi connectivity index (χ2n) is 7.24. The number of rotatable bonds is 8. The Kier molecular flexibility index (Phi) is 7.08. The van der Waals surface area contributed by atoms with E-state index in [1.807, 2.05) is 12.1 Å². The molecule has 3 rings (SSSR count). The fraction of sp³-hybridized carbons (Fsp3) is 0.476. The van der Waals surface area contributed by atoms with Crippen molar-refractivity contribution in [2.24, 2.45) is 19.1 Å². The molecule has 0 atom stereocenters. The summed E-state index contributed by atoms with van der Waals surface area (Å²) in [4.78, 5) is 31.9. The van der Waals surface area contributed by atoms with E-state index in [2.05, 4.69) is 39.9 Å². The number of nitrogens with zero attached hydrogens (tertiary/aromatic N) is 4. The smallest absolute Gasteiger partial charge is 0.332 e. The van der Waals surface area contributed by atoms with Crippen LogP contribution in [0.5, 0.6) is 0 Å². The first kappa shape index (κ1) is 21.5. The molecule has 0 bridgehead atoms. The first-order valence-corrected chi connectivity index (χ1v) is 10.6. The third kappa shape index (κ3) is 4.87. The van der Waals surface area contributed by atoms with Crippen molar-refractivity contribution in [3.05, 3.63) is 60.7 Å². The lowest BCUT2D eigenvalue weighted by atomic mass is 10.1. The van der Waals surface area contributed by atoms with E-state index in [0.29, 0.717) is 31.1 Å². The van der Waals surface area contributed by atoms with Gasteiger partial charge in [0.25, 0.3) is 5.56 Å². The summed E-state index contributed by atoms with van der Waals surface area (Å²) in [6.45, 7) is 4.57. The zero-order chi connectivity index (χ0) is 21.0. The highest BCUT2D eigenvalue weighted by atomic mass is 79.9. The topological polar surface area (TPSA) is 68.8 Å². The predicted molar refractivity (Wildman–Crippen MR) is 118 cm³/mol. The van der Waals surface area contributed by atoms with Gasteiger partial charge in [0.15, 0.2) is 0 Å². The Morgan fingerprint density at radius 1 is 1.17 bits per heavy atom. The Hall–Kier alpha value is -2.19. The van der Waals surface area contributed by atoms with Crippen LogP contribution < -0.4 is 11.2 Å². The molecule has 7 nitrogen and oxygen atoms in total. The second kappa shape index (κ2) is 9.54. The minimum absolute atomic E-state index is 0.281. The van der Waals surface area contributed by atoms with Crippen molar-refractivity contribution in [2.75, 3.05) is 13.2 Å². The van der Waals surface area contributed by atoms with E-state index in [1.54, 1.807) is 7.05 Å². The summed E-state index contributed by atoms with van der Waals surface area (Å²) in [7, 11) is 3.17. The van der Waals surface area contributed by atoms with E-state index in [1.165, 1.54) is 11.6 Å². The van der Waals surface area contributed by atoms with Crippen LogP contribution in [0.4, 0.5) is 5.82 Å². The minimum Gasteiger partial charge on any atom is -0.381 e. The average molecular weight is 463 g/mol. The molecule has 1 aliphatic rings. The number of amidine groups is 1. The molecule has 8 heteroatoms. The molecule has 156 valence electrons. The maximum atomic E-state index is 12.7. The van der Waals surface area contributed by atoms with Crippen LogP contribution in [0.2, 0.25) is 0 Å². The Morgan fingerprint density at radius 2 is 1.97 bits per heavy atom. The van der Waals surface area contributed by atoms with Crippen LogP contribution in [-0.2, 0) is 31.9 Å². The Morgan fingerprint density at radius 3 is 2.69 bits per heavy atom. The average Bonchev–Trinajstić information content (AvgIpc) is 2.71.